The molecule has 0 amide bonds. The van der Waals surface area contributed by atoms with Gasteiger partial charge in [-0.05, 0) is 48.1 Å². The fourth-order valence-electron chi connectivity index (χ4n) is 3.22. The third kappa shape index (κ3) is 6.25. The van der Waals surface area contributed by atoms with Gasteiger partial charge in [-0.2, -0.15) is 0 Å². The van der Waals surface area contributed by atoms with Crippen LogP contribution in [0.5, 0.6) is 0 Å². The van der Waals surface area contributed by atoms with Crippen molar-refractivity contribution in [2.24, 2.45) is 0 Å². The normalized spacial score (nSPS) is 12.7. The lowest BCUT2D eigenvalue weighted by Crippen LogP contribution is -1.98. The van der Waals surface area contributed by atoms with Gasteiger partial charge in [-0.25, -0.2) is 8.78 Å². The van der Waals surface area contributed by atoms with Crippen LogP contribution in [0.3, 0.4) is 0 Å². The molecule has 0 N–H and O–H groups in total. The van der Waals surface area contributed by atoms with Crippen molar-refractivity contribution in [2.75, 3.05) is 0 Å². The number of alkyl halides is 1. The summed E-state index contributed by atoms with van der Waals surface area (Å²) in [7, 11) is 0. The summed E-state index contributed by atoms with van der Waals surface area (Å²) < 4.78 is 28.9. The van der Waals surface area contributed by atoms with Crippen LogP contribution in [0.15, 0.2) is 84.9 Å². The Bertz CT molecular complexity index is 954. The summed E-state index contributed by atoms with van der Waals surface area (Å²) in [5.41, 5.74) is 4.08. The van der Waals surface area contributed by atoms with Crippen molar-refractivity contribution in [2.45, 2.75) is 32.4 Å². The van der Waals surface area contributed by atoms with Crippen molar-refractivity contribution in [1.82, 2.24) is 0 Å². The van der Waals surface area contributed by atoms with E-state index in [4.69, 9.17) is 0 Å². The summed E-state index contributed by atoms with van der Waals surface area (Å²) in [4.78, 5) is 0. The van der Waals surface area contributed by atoms with Crippen molar-refractivity contribution in [3.05, 3.63) is 119 Å². The van der Waals surface area contributed by atoms with E-state index in [1.165, 1.54) is 11.6 Å². The zero-order valence-corrected chi connectivity index (χ0v) is 16.7. The van der Waals surface area contributed by atoms with E-state index in [-0.39, 0.29) is 12.2 Å². The molecule has 0 aromatic heterocycles. The van der Waals surface area contributed by atoms with Gasteiger partial charge in [0.05, 0.1) is 0 Å². The van der Waals surface area contributed by atoms with Crippen molar-refractivity contribution >= 4 is 12.2 Å². The zero-order chi connectivity index (χ0) is 20.5. The highest BCUT2D eigenvalue weighted by Gasteiger charge is 2.11. The number of benzene rings is 3. The zero-order valence-electron chi connectivity index (χ0n) is 16.7. The fraction of sp³-hybridized carbons (Fsp3) is 0.185. The Hall–Kier alpha value is -3.00. The highest BCUT2D eigenvalue weighted by molar-refractivity contribution is 5.70. The van der Waals surface area contributed by atoms with Gasteiger partial charge in [0.2, 0.25) is 0 Å². The summed E-state index contributed by atoms with van der Waals surface area (Å²) in [6, 6.07) is 22.2. The molecule has 3 aromatic rings. The topological polar surface area (TPSA) is 0 Å². The van der Waals surface area contributed by atoms with Gasteiger partial charge in [0.1, 0.15) is 12.0 Å². The Balaban J connectivity index is 1.62. The lowest BCUT2D eigenvalue weighted by molar-refractivity contribution is 0.342. The standard InChI is InChI=1S/C27H26F2/c1-2-3-5-8-21-11-13-22(14-12-21)15-17-25-18-16-23(20-27(25)29)19-26(28)24-9-6-4-7-10-24/h2-4,6-7,9-18,20,26H,5,8,19H2,1H3/t26-/m0/s1. The molecule has 0 aliphatic carbocycles. The molecule has 3 aromatic carbocycles. The van der Waals surface area contributed by atoms with Gasteiger partial charge in [0, 0.05) is 12.0 Å². The molecule has 0 fully saturated rings. The Morgan fingerprint density at radius 1 is 0.862 bits per heavy atom. The minimum absolute atomic E-state index is 0.166. The molecule has 2 heteroatoms. The summed E-state index contributed by atoms with van der Waals surface area (Å²) in [5, 5.41) is 0. The van der Waals surface area contributed by atoms with E-state index in [9.17, 15) is 8.78 Å². The number of aryl methyl sites for hydroxylation is 1. The van der Waals surface area contributed by atoms with E-state index < -0.39 is 6.17 Å². The molecule has 0 aliphatic rings. The van der Waals surface area contributed by atoms with Crippen LogP contribution in [0.4, 0.5) is 8.78 Å². The Morgan fingerprint density at radius 2 is 1.59 bits per heavy atom. The van der Waals surface area contributed by atoms with Crippen LogP contribution in [0.25, 0.3) is 12.2 Å². The molecule has 3 rings (SSSR count). The van der Waals surface area contributed by atoms with Crippen LogP contribution >= 0.6 is 0 Å². The quantitative estimate of drug-likeness (QED) is 0.273. The average molecular weight is 389 g/mol. The SMILES string of the molecule is CC=CCCc1ccc(C=Cc2ccc(C[C@H](F)c3ccccc3)cc2F)cc1. The lowest BCUT2D eigenvalue weighted by atomic mass is 10.0. The summed E-state index contributed by atoms with van der Waals surface area (Å²) in [5.74, 6) is -0.331. The van der Waals surface area contributed by atoms with Gasteiger partial charge in [-0.1, -0.05) is 91.0 Å². The molecule has 0 saturated carbocycles. The van der Waals surface area contributed by atoms with Gasteiger partial charge in [0.25, 0.3) is 0 Å². The monoisotopic (exact) mass is 388 g/mol. The first-order valence-corrected chi connectivity index (χ1v) is 10.0. The molecule has 1 atom stereocenters. The van der Waals surface area contributed by atoms with Crippen molar-refractivity contribution in [3.63, 3.8) is 0 Å². The van der Waals surface area contributed by atoms with Crippen LogP contribution < -0.4 is 0 Å². The maximum atomic E-state index is 14.5. The molecule has 148 valence electrons. The minimum Gasteiger partial charge on any atom is -0.242 e. The van der Waals surface area contributed by atoms with Gasteiger partial charge in [-0.15, -0.1) is 0 Å². The third-order valence-corrected chi connectivity index (χ3v) is 4.91. The maximum Gasteiger partial charge on any atom is 0.130 e. The van der Waals surface area contributed by atoms with E-state index in [0.29, 0.717) is 16.7 Å². The first-order valence-electron chi connectivity index (χ1n) is 10.0. The number of hydrogen-bond acceptors (Lipinski definition) is 0. The van der Waals surface area contributed by atoms with Crippen molar-refractivity contribution in [3.8, 4) is 0 Å². The Labute approximate surface area is 172 Å². The molecule has 0 heterocycles. The van der Waals surface area contributed by atoms with Crippen LogP contribution in [-0.2, 0) is 12.8 Å². The second kappa shape index (κ2) is 10.5. The Kier molecular flexibility index (Phi) is 7.52. The highest BCUT2D eigenvalue weighted by Crippen LogP contribution is 2.24. The number of halogens is 2. The van der Waals surface area contributed by atoms with Crippen molar-refractivity contribution < 1.29 is 8.78 Å². The third-order valence-electron chi connectivity index (χ3n) is 4.91. The van der Waals surface area contributed by atoms with E-state index in [0.717, 1.165) is 18.4 Å². The second-order valence-electron chi connectivity index (χ2n) is 7.12. The van der Waals surface area contributed by atoms with Gasteiger partial charge < -0.3 is 0 Å². The van der Waals surface area contributed by atoms with E-state index in [1.807, 2.05) is 43.3 Å². The number of hydrogen-bond donors (Lipinski definition) is 0. The fourth-order valence-corrected chi connectivity index (χ4v) is 3.22. The van der Waals surface area contributed by atoms with E-state index in [2.05, 4.69) is 24.3 Å². The molecule has 29 heavy (non-hydrogen) atoms. The van der Waals surface area contributed by atoms with Crippen LogP contribution in [0.2, 0.25) is 0 Å². The van der Waals surface area contributed by atoms with Crippen molar-refractivity contribution in [1.29, 1.82) is 0 Å². The van der Waals surface area contributed by atoms with Gasteiger partial charge in [0.15, 0.2) is 0 Å². The van der Waals surface area contributed by atoms with E-state index in [1.54, 1.807) is 30.3 Å². The molecule has 0 aliphatic heterocycles. The predicted octanol–water partition coefficient (Wildman–Crippen LogP) is 7.76. The first-order chi connectivity index (χ1) is 14.2. The second-order valence-corrected chi connectivity index (χ2v) is 7.12. The summed E-state index contributed by atoms with van der Waals surface area (Å²) >= 11 is 0. The smallest absolute Gasteiger partial charge is 0.130 e. The number of rotatable bonds is 8. The summed E-state index contributed by atoms with van der Waals surface area (Å²) in [6.07, 6.45) is 8.96. The minimum atomic E-state index is -1.14. The molecular weight excluding hydrogens is 362 g/mol. The molecule has 0 nitrogen and oxygen atoms in total. The molecule has 0 saturated heterocycles. The van der Waals surface area contributed by atoms with E-state index >= 15 is 0 Å². The maximum absolute atomic E-state index is 14.5. The van der Waals surface area contributed by atoms with Gasteiger partial charge in [-0.3, -0.25) is 0 Å². The van der Waals surface area contributed by atoms with Crippen LogP contribution in [-0.4, -0.2) is 0 Å². The summed E-state index contributed by atoms with van der Waals surface area (Å²) in [6.45, 7) is 2.03. The lowest BCUT2D eigenvalue weighted by Gasteiger charge is -2.09. The first kappa shape index (κ1) is 20.7. The van der Waals surface area contributed by atoms with Gasteiger partial charge >= 0.3 is 0 Å². The molecule has 0 unspecified atom stereocenters. The largest absolute Gasteiger partial charge is 0.242 e. The molecule has 0 spiro atoms. The number of allylic oxidation sites excluding steroid dienone is 2. The van der Waals surface area contributed by atoms with Crippen LogP contribution in [0, 0.1) is 5.82 Å². The molecule has 0 bridgehead atoms. The average Bonchev–Trinajstić information content (AvgIpc) is 2.75. The Morgan fingerprint density at radius 3 is 2.28 bits per heavy atom. The molecule has 0 radical (unpaired) electrons. The molecular formula is C27H26F2. The predicted molar refractivity (Wildman–Crippen MR) is 119 cm³/mol. The highest BCUT2D eigenvalue weighted by atomic mass is 19.1. The van der Waals surface area contributed by atoms with Crippen LogP contribution in [0.1, 0.15) is 47.3 Å².